The monoisotopic (exact) mass is 522 g/mol. The second-order valence-electron chi connectivity index (χ2n) is 6.58. The van der Waals surface area contributed by atoms with Crippen molar-refractivity contribution >= 4 is 46.2 Å². The second kappa shape index (κ2) is 9.99. The van der Waals surface area contributed by atoms with Gasteiger partial charge in [0.1, 0.15) is 18.2 Å². The van der Waals surface area contributed by atoms with E-state index in [-0.39, 0.29) is 11.5 Å². The van der Waals surface area contributed by atoms with E-state index in [0.29, 0.717) is 41.8 Å². The van der Waals surface area contributed by atoms with Crippen molar-refractivity contribution in [1.82, 2.24) is 4.90 Å². The molecule has 5 nitrogen and oxygen atoms in total. The number of halogens is 2. The number of methoxy groups -OCH3 is 1. The lowest BCUT2D eigenvalue weighted by Gasteiger charge is -2.15. The van der Waals surface area contributed by atoms with Crippen LogP contribution < -0.4 is 9.47 Å². The molecule has 0 radical (unpaired) electrons. The molecule has 0 unspecified atom stereocenters. The van der Waals surface area contributed by atoms with Crippen molar-refractivity contribution in [2.24, 2.45) is 0 Å². The Labute approximate surface area is 189 Å². The molecule has 2 aromatic carbocycles. The third-order valence-electron chi connectivity index (χ3n) is 4.64. The first-order chi connectivity index (χ1) is 14.0. The van der Waals surface area contributed by atoms with Gasteiger partial charge in [-0.05, 0) is 65.3 Å². The van der Waals surface area contributed by atoms with Gasteiger partial charge in [-0.3, -0.25) is 4.79 Å². The zero-order valence-electron chi connectivity index (χ0n) is 16.0. The maximum Gasteiger partial charge on any atom is 0.264 e. The van der Waals surface area contributed by atoms with Crippen LogP contribution in [-0.4, -0.2) is 31.0 Å². The van der Waals surface area contributed by atoms with Crippen LogP contribution in [0.25, 0.3) is 6.08 Å². The molecule has 3 rings (SSSR count). The first kappa shape index (κ1) is 21.5. The number of likely N-dealkylation sites (tertiary alicyclic amines) is 1. The van der Waals surface area contributed by atoms with Crippen molar-refractivity contribution < 1.29 is 14.3 Å². The van der Waals surface area contributed by atoms with Crippen LogP contribution in [0, 0.1) is 14.9 Å². The van der Waals surface area contributed by atoms with Crippen LogP contribution in [0.15, 0.2) is 42.0 Å². The molecule has 0 saturated carbocycles. The van der Waals surface area contributed by atoms with Gasteiger partial charge in [0.25, 0.3) is 5.91 Å². The van der Waals surface area contributed by atoms with Crippen LogP contribution in [0.2, 0.25) is 5.02 Å². The van der Waals surface area contributed by atoms with Gasteiger partial charge in [-0.25, -0.2) is 0 Å². The number of carbonyl (C=O) groups is 1. The van der Waals surface area contributed by atoms with Crippen molar-refractivity contribution in [3.05, 3.63) is 61.7 Å². The number of hydrogen-bond donors (Lipinski definition) is 0. The number of amides is 1. The van der Waals surface area contributed by atoms with Gasteiger partial charge in [-0.1, -0.05) is 29.8 Å². The zero-order chi connectivity index (χ0) is 20.8. The van der Waals surface area contributed by atoms with E-state index < -0.39 is 0 Å². The Morgan fingerprint density at radius 1 is 1.31 bits per heavy atom. The number of rotatable bonds is 6. The largest absolute Gasteiger partial charge is 0.493 e. The lowest BCUT2D eigenvalue weighted by Crippen LogP contribution is -2.28. The van der Waals surface area contributed by atoms with Crippen LogP contribution in [-0.2, 0) is 11.4 Å². The molecule has 1 amide bonds. The lowest BCUT2D eigenvalue weighted by atomic mass is 10.1. The van der Waals surface area contributed by atoms with E-state index in [1.54, 1.807) is 24.2 Å². The quantitative estimate of drug-likeness (QED) is 0.302. The minimum absolute atomic E-state index is 0.120. The van der Waals surface area contributed by atoms with E-state index in [2.05, 4.69) is 22.6 Å². The molecule has 0 atom stereocenters. The first-order valence-electron chi connectivity index (χ1n) is 9.18. The molecule has 0 bridgehead atoms. The van der Waals surface area contributed by atoms with E-state index in [9.17, 15) is 10.1 Å². The molecule has 1 fully saturated rings. The highest BCUT2D eigenvalue weighted by molar-refractivity contribution is 14.1. The van der Waals surface area contributed by atoms with E-state index in [0.717, 1.165) is 22.0 Å². The lowest BCUT2D eigenvalue weighted by molar-refractivity contribution is -0.125. The number of carbonyl (C=O) groups excluding carboxylic acids is 1. The SMILES string of the molecule is COc1cc(/C=C(\C#N)C(=O)N2CCCC2)cc(I)c1OCc1ccccc1Cl. The van der Waals surface area contributed by atoms with Crippen LogP contribution in [0.5, 0.6) is 11.5 Å². The van der Waals surface area contributed by atoms with Crippen molar-refractivity contribution in [2.45, 2.75) is 19.4 Å². The Hall–Kier alpha value is -2.24. The summed E-state index contributed by atoms with van der Waals surface area (Å²) in [5, 5.41) is 10.1. The summed E-state index contributed by atoms with van der Waals surface area (Å²) >= 11 is 8.35. The molecule has 7 heteroatoms. The average molecular weight is 523 g/mol. The fraction of sp³-hybridized carbons (Fsp3) is 0.273. The van der Waals surface area contributed by atoms with Gasteiger partial charge in [-0.2, -0.15) is 5.26 Å². The zero-order valence-corrected chi connectivity index (χ0v) is 18.9. The summed E-state index contributed by atoms with van der Waals surface area (Å²) in [5.41, 5.74) is 1.70. The summed E-state index contributed by atoms with van der Waals surface area (Å²) < 4.78 is 12.3. The molecule has 2 aromatic rings. The average Bonchev–Trinajstić information content (AvgIpc) is 3.26. The number of benzene rings is 2. The molecule has 29 heavy (non-hydrogen) atoms. The first-order valence-corrected chi connectivity index (χ1v) is 10.6. The van der Waals surface area contributed by atoms with Crippen molar-refractivity contribution in [3.8, 4) is 17.6 Å². The molecule has 0 aliphatic carbocycles. The summed E-state index contributed by atoms with van der Waals surface area (Å²) in [6.07, 6.45) is 3.56. The Morgan fingerprint density at radius 2 is 2.03 bits per heavy atom. The molecule has 0 spiro atoms. The van der Waals surface area contributed by atoms with Crippen molar-refractivity contribution in [2.75, 3.05) is 20.2 Å². The molecule has 0 N–H and O–H groups in total. The highest BCUT2D eigenvalue weighted by Gasteiger charge is 2.22. The number of nitrogens with zero attached hydrogens (tertiary/aromatic N) is 2. The minimum Gasteiger partial charge on any atom is -0.493 e. The normalized spacial score (nSPS) is 13.9. The Kier molecular flexibility index (Phi) is 7.40. The van der Waals surface area contributed by atoms with Gasteiger partial charge >= 0.3 is 0 Å². The number of hydrogen-bond acceptors (Lipinski definition) is 4. The molecule has 1 aliphatic heterocycles. The summed E-state index contributed by atoms with van der Waals surface area (Å²) in [5.74, 6) is 0.897. The van der Waals surface area contributed by atoms with Gasteiger partial charge in [0.15, 0.2) is 11.5 Å². The number of ether oxygens (including phenoxy) is 2. The van der Waals surface area contributed by atoms with Crippen LogP contribution in [0.4, 0.5) is 0 Å². The van der Waals surface area contributed by atoms with Gasteiger partial charge in [0.05, 0.1) is 10.7 Å². The maximum absolute atomic E-state index is 12.5. The Morgan fingerprint density at radius 3 is 2.69 bits per heavy atom. The van der Waals surface area contributed by atoms with E-state index in [1.807, 2.05) is 36.4 Å². The number of nitriles is 1. The van der Waals surface area contributed by atoms with Gasteiger partial charge in [-0.15, -0.1) is 0 Å². The van der Waals surface area contributed by atoms with E-state index in [4.69, 9.17) is 21.1 Å². The summed E-state index contributed by atoms with van der Waals surface area (Å²) in [4.78, 5) is 14.3. The van der Waals surface area contributed by atoms with Crippen LogP contribution in [0.3, 0.4) is 0 Å². The summed E-state index contributed by atoms with van der Waals surface area (Å²) in [6.45, 7) is 1.71. The van der Waals surface area contributed by atoms with E-state index in [1.165, 1.54) is 0 Å². The minimum atomic E-state index is -0.224. The van der Waals surface area contributed by atoms with Crippen molar-refractivity contribution in [1.29, 1.82) is 5.26 Å². The highest BCUT2D eigenvalue weighted by Crippen LogP contribution is 2.35. The standard InChI is InChI=1S/C22H20ClIN2O3/c1-28-20-12-15(10-17(13-25)22(27)26-8-4-5-9-26)11-19(24)21(20)29-14-16-6-2-3-7-18(16)23/h2-3,6-7,10-12H,4-5,8-9,14H2,1H3/b17-10+. The van der Waals surface area contributed by atoms with E-state index >= 15 is 0 Å². The molecule has 1 aliphatic rings. The predicted octanol–water partition coefficient (Wildman–Crippen LogP) is 5.06. The van der Waals surface area contributed by atoms with Crippen LogP contribution in [0.1, 0.15) is 24.0 Å². The molecule has 150 valence electrons. The predicted molar refractivity (Wildman–Crippen MR) is 121 cm³/mol. The molecule has 1 heterocycles. The van der Waals surface area contributed by atoms with Crippen molar-refractivity contribution in [3.63, 3.8) is 0 Å². The second-order valence-corrected chi connectivity index (χ2v) is 8.15. The summed E-state index contributed by atoms with van der Waals surface area (Å²) in [6, 6.07) is 13.1. The molecular formula is C22H20ClIN2O3. The Bertz CT molecular complexity index is 979. The third kappa shape index (κ3) is 5.22. The topological polar surface area (TPSA) is 62.6 Å². The maximum atomic E-state index is 12.5. The van der Waals surface area contributed by atoms with Gasteiger partial charge < -0.3 is 14.4 Å². The fourth-order valence-electron chi connectivity index (χ4n) is 3.13. The Balaban J connectivity index is 1.84. The summed E-state index contributed by atoms with van der Waals surface area (Å²) in [7, 11) is 1.56. The highest BCUT2D eigenvalue weighted by atomic mass is 127. The molecule has 1 saturated heterocycles. The van der Waals surface area contributed by atoms with Gasteiger partial charge in [0, 0.05) is 23.7 Å². The third-order valence-corrected chi connectivity index (χ3v) is 5.81. The molecule has 0 aromatic heterocycles. The molecular weight excluding hydrogens is 503 g/mol. The smallest absolute Gasteiger partial charge is 0.264 e. The van der Waals surface area contributed by atoms with Gasteiger partial charge in [0.2, 0.25) is 0 Å². The van der Waals surface area contributed by atoms with Crippen LogP contribution >= 0.6 is 34.2 Å². The fourth-order valence-corrected chi connectivity index (χ4v) is 4.10.